The summed E-state index contributed by atoms with van der Waals surface area (Å²) in [5.74, 6) is -0.835. The van der Waals surface area contributed by atoms with Gasteiger partial charge in [0.25, 0.3) is 5.91 Å². The van der Waals surface area contributed by atoms with Gasteiger partial charge in [-0.05, 0) is 32.4 Å². The number of rotatable bonds is 8. The third kappa shape index (κ3) is 4.71. The molecule has 0 aliphatic rings. The molecule has 7 heteroatoms. The smallest absolute Gasteiger partial charge is 0.329 e. The van der Waals surface area contributed by atoms with Crippen LogP contribution in [0, 0.1) is 0 Å². The summed E-state index contributed by atoms with van der Waals surface area (Å²) < 4.78 is 8.26. The number of nitrogens with zero attached hydrogens (tertiary/aromatic N) is 2. The SMILES string of the molecule is CCCn1c(=O)n(CCC(=O)OCC(=O)NC(C)C)c2ccccc21. The fraction of sp³-hybridized carbons (Fsp3) is 0.500. The molecule has 0 spiro atoms. The van der Waals surface area contributed by atoms with Crippen LogP contribution in [0.3, 0.4) is 0 Å². The van der Waals surface area contributed by atoms with Crippen LogP contribution in [0.2, 0.25) is 0 Å². The third-order valence-corrected chi connectivity index (χ3v) is 3.73. The molecule has 0 unspecified atom stereocenters. The summed E-state index contributed by atoms with van der Waals surface area (Å²) in [5.41, 5.74) is 1.53. The number of ether oxygens (including phenoxy) is 1. The number of nitrogens with one attached hydrogen (secondary N) is 1. The van der Waals surface area contributed by atoms with E-state index in [1.54, 1.807) is 9.13 Å². The Bertz CT molecular complexity index is 804. The molecule has 1 amide bonds. The van der Waals surface area contributed by atoms with Crippen molar-refractivity contribution in [2.24, 2.45) is 0 Å². The number of aryl methyl sites for hydroxylation is 2. The molecule has 0 radical (unpaired) electrons. The van der Waals surface area contributed by atoms with E-state index >= 15 is 0 Å². The maximum Gasteiger partial charge on any atom is 0.329 e. The van der Waals surface area contributed by atoms with Crippen LogP contribution in [0.25, 0.3) is 11.0 Å². The summed E-state index contributed by atoms with van der Waals surface area (Å²) in [6.07, 6.45) is 0.885. The van der Waals surface area contributed by atoms with Crippen molar-refractivity contribution in [2.45, 2.75) is 52.7 Å². The van der Waals surface area contributed by atoms with E-state index in [2.05, 4.69) is 5.32 Å². The van der Waals surface area contributed by atoms with E-state index in [-0.39, 0.29) is 37.2 Å². The number of hydrogen-bond donors (Lipinski definition) is 1. The van der Waals surface area contributed by atoms with E-state index in [1.807, 2.05) is 45.0 Å². The molecule has 1 N–H and O–H groups in total. The van der Waals surface area contributed by atoms with Crippen LogP contribution in [0.5, 0.6) is 0 Å². The minimum absolute atomic E-state index is 0.00512. The lowest BCUT2D eigenvalue weighted by molar-refractivity contribution is -0.148. The Labute approximate surface area is 146 Å². The first-order chi connectivity index (χ1) is 11.9. The minimum atomic E-state index is -0.502. The molecule has 0 aliphatic carbocycles. The van der Waals surface area contributed by atoms with Crippen molar-refractivity contribution >= 4 is 22.9 Å². The molecule has 2 aromatic rings. The zero-order valence-electron chi connectivity index (χ0n) is 14.9. The van der Waals surface area contributed by atoms with Crippen LogP contribution < -0.4 is 11.0 Å². The van der Waals surface area contributed by atoms with Gasteiger partial charge in [-0.2, -0.15) is 0 Å². The minimum Gasteiger partial charge on any atom is -0.456 e. The Morgan fingerprint density at radius 2 is 1.72 bits per heavy atom. The number of para-hydroxylation sites is 2. The van der Waals surface area contributed by atoms with E-state index in [0.29, 0.717) is 6.54 Å². The standard InChI is InChI=1S/C18H25N3O4/c1-4-10-20-14-7-5-6-8-15(14)21(18(20)24)11-9-17(23)25-12-16(22)19-13(2)3/h5-8,13H,4,9-12H2,1-3H3,(H,19,22). The van der Waals surface area contributed by atoms with Crippen molar-refractivity contribution in [2.75, 3.05) is 6.61 Å². The number of imidazole rings is 1. The summed E-state index contributed by atoms with van der Waals surface area (Å²) in [6.45, 7) is 6.23. The zero-order chi connectivity index (χ0) is 18.4. The molecular formula is C18H25N3O4. The Kier molecular flexibility index (Phi) is 6.38. The molecule has 1 aromatic heterocycles. The average molecular weight is 347 g/mol. The van der Waals surface area contributed by atoms with Crippen LogP contribution in [-0.2, 0) is 27.4 Å². The van der Waals surface area contributed by atoms with Crippen molar-refractivity contribution in [3.63, 3.8) is 0 Å². The number of hydrogen-bond acceptors (Lipinski definition) is 4. The van der Waals surface area contributed by atoms with Gasteiger partial charge in [0, 0.05) is 19.1 Å². The fourth-order valence-electron chi connectivity index (χ4n) is 2.71. The molecule has 1 heterocycles. The lowest BCUT2D eigenvalue weighted by Gasteiger charge is -2.09. The lowest BCUT2D eigenvalue weighted by atomic mass is 10.3. The number of fused-ring (bicyclic) bond motifs is 1. The van der Waals surface area contributed by atoms with Gasteiger partial charge < -0.3 is 10.1 Å². The van der Waals surface area contributed by atoms with E-state index in [4.69, 9.17) is 4.74 Å². The number of carbonyl (C=O) groups excluding carboxylic acids is 2. The van der Waals surface area contributed by atoms with Crippen LogP contribution in [-0.4, -0.2) is 33.7 Å². The van der Waals surface area contributed by atoms with Crippen molar-refractivity contribution in [3.05, 3.63) is 34.7 Å². The van der Waals surface area contributed by atoms with E-state index in [1.165, 1.54) is 0 Å². The highest BCUT2D eigenvalue weighted by Crippen LogP contribution is 2.13. The molecule has 0 aliphatic heterocycles. The molecule has 0 atom stereocenters. The first-order valence-corrected chi connectivity index (χ1v) is 8.57. The first-order valence-electron chi connectivity index (χ1n) is 8.57. The Morgan fingerprint density at radius 3 is 2.28 bits per heavy atom. The topological polar surface area (TPSA) is 82.3 Å². The van der Waals surface area contributed by atoms with Gasteiger partial charge in [0.1, 0.15) is 0 Å². The molecule has 25 heavy (non-hydrogen) atoms. The first kappa shape index (κ1) is 18.8. The monoisotopic (exact) mass is 347 g/mol. The number of carbonyl (C=O) groups is 2. The summed E-state index contributed by atoms with van der Waals surface area (Å²) in [5, 5.41) is 2.65. The van der Waals surface area contributed by atoms with Crippen LogP contribution in [0.15, 0.2) is 29.1 Å². The van der Waals surface area contributed by atoms with Gasteiger partial charge in [0.2, 0.25) is 0 Å². The van der Waals surface area contributed by atoms with Crippen LogP contribution >= 0.6 is 0 Å². The van der Waals surface area contributed by atoms with Crippen molar-refractivity contribution in [3.8, 4) is 0 Å². The molecule has 0 bridgehead atoms. The Balaban J connectivity index is 2.03. The maximum atomic E-state index is 12.6. The summed E-state index contributed by atoms with van der Waals surface area (Å²) in [7, 11) is 0. The number of esters is 1. The lowest BCUT2D eigenvalue weighted by Crippen LogP contribution is -2.34. The second kappa shape index (κ2) is 8.50. The van der Waals surface area contributed by atoms with Gasteiger partial charge in [-0.25, -0.2) is 4.79 Å². The van der Waals surface area contributed by atoms with Gasteiger partial charge >= 0.3 is 11.7 Å². The third-order valence-electron chi connectivity index (χ3n) is 3.73. The Morgan fingerprint density at radius 1 is 1.12 bits per heavy atom. The largest absolute Gasteiger partial charge is 0.456 e. The van der Waals surface area contributed by atoms with Crippen molar-refractivity contribution in [1.82, 2.24) is 14.5 Å². The number of aromatic nitrogens is 2. The second-order valence-corrected chi connectivity index (χ2v) is 6.21. The number of benzene rings is 1. The molecule has 0 saturated carbocycles. The molecular weight excluding hydrogens is 322 g/mol. The molecule has 1 aromatic carbocycles. The summed E-state index contributed by atoms with van der Waals surface area (Å²) in [6, 6.07) is 7.51. The average Bonchev–Trinajstić information content (AvgIpc) is 2.83. The summed E-state index contributed by atoms with van der Waals surface area (Å²) >= 11 is 0. The van der Waals surface area contributed by atoms with Crippen molar-refractivity contribution < 1.29 is 14.3 Å². The highest BCUT2D eigenvalue weighted by Gasteiger charge is 2.14. The van der Waals surface area contributed by atoms with Gasteiger partial charge in [0.15, 0.2) is 6.61 Å². The van der Waals surface area contributed by atoms with E-state index in [0.717, 1.165) is 17.5 Å². The van der Waals surface area contributed by atoms with Crippen molar-refractivity contribution in [1.29, 1.82) is 0 Å². The quantitative estimate of drug-likeness (QED) is 0.737. The van der Waals surface area contributed by atoms with Gasteiger partial charge in [0.05, 0.1) is 17.5 Å². The molecule has 0 saturated heterocycles. The molecule has 136 valence electrons. The van der Waals surface area contributed by atoms with Crippen LogP contribution in [0.4, 0.5) is 0 Å². The molecule has 7 nitrogen and oxygen atoms in total. The highest BCUT2D eigenvalue weighted by atomic mass is 16.5. The van der Waals surface area contributed by atoms with Gasteiger partial charge in [-0.1, -0.05) is 19.1 Å². The van der Waals surface area contributed by atoms with E-state index in [9.17, 15) is 14.4 Å². The van der Waals surface area contributed by atoms with E-state index < -0.39 is 5.97 Å². The maximum absolute atomic E-state index is 12.6. The predicted octanol–water partition coefficient (Wildman–Crippen LogP) is 1.67. The summed E-state index contributed by atoms with van der Waals surface area (Å²) in [4.78, 5) is 35.9. The fourth-order valence-corrected chi connectivity index (χ4v) is 2.71. The van der Waals surface area contributed by atoms with Gasteiger partial charge in [-0.15, -0.1) is 0 Å². The van der Waals surface area contributed by atoms with Gasteiger partial charge in [-0.3, -0.25) is 18.7 Å². The Hall–Kier alpha value is -2.57. The highest BCUT2D eigenvalue weighted by molar-refractivity contribution is 5.81. The zero-order valence-corrected chi connectivity index (χ0v) is 14.9. The molecule has 0 fully saturated rings. The normalized spacial score (nSPS) is 11.0. The predicted molar refractivity (Wildman–Crippen MR) is 95.3 cm³/mol. The molecule has 2 rings (SSSR count). The number of amides is 1. The van der Waals surface area contributed by atoms with Crippen LogP contribution in [0.1, 0.15) is 33.6 Å². The second-order valence-electron chi connectivity index (χ2n) is 6.21.